The molecule has 0 aliphatic heterocycles. The lowest BCUT2D eigenvalue weighted by atomic mass is 9.90. The molecule has 5 aromatic rings. The highest BCUT2D eigenvalue weighted by Gasteiger charge is 2.28. The molecule has 51 heavy (non-hydrogen) atoms. The third-order valence-electron chi connectivity index (χ3n) is 10.1. The van der Waals surface area contributed by atoms with E-state index in [9.17, 15) is 4.79 Å². The molecule has 0 saturated carbocycles. The first-order valence-corrected chi connectivity index (χ1v) is 18.4. The van der Waals surface area contributed by atoms with Crippen molar-refractivity contribution in [3.05, 3.63) is 171 Å². The Morgan fingerprint density at radius 2 is 1.27 bits per heavy atom. The van der Waals surface area contributed by atoms with Gasteiger partial charge in [-0.1, -0.05) is 109 Å². The largest absolute Gasteiger partial charge is 0.492 e. The van der Waals surface area contributed by atoms with Crippen LogP contribution >= 0.6 is 0 Å². The first-order chi connectivity index (χ1) is 25.0. The van der Waals surface area contributed by atoms with E-state index in [0.717, 1.165) is 56.4 Å². The summed E-state index contributed by atoms with van der Waals surface area (Å²) in [4.78, 5) is 14.7. The highest BCUT2D eigenvalue weighted by molar-refractivity contribution is 5.75. The molecular weight excluding hydrogens is 631 g/mol. The highest BCUT2D eigenvalue weighted by atomic mass is 16.6. The molecule has 0 amide bonds. The van der Waals surface area contributed by atoms with Gasteiger partial charge in [-0.2, -0.15) is 0 Å². The van der Waals surface area contributed by atoms with Crippen LogP contribution in [0.5, 0.6) is 5.75 Å². The van der Waals surface area contributed by atoms with Crippen molar-refractivity contribution in [3.63, 3.8) is 0 Å². The second-order valence-corrected chi connectivity index (χ2v) is 13.6. The first-order valence-electron chi connectivity index (χ1n) is 18.4. The van der Waals surface area contributed by atoms with E-state index in [1.807, 2.05) is 24.3 Å². The molecule has 0 aromatic heterocycles. The van der Waals surface area contributed by atoms with E-state index in [-0.39, 0.29) is 12.0 Å². The maximum absolute atomic E-state index is 12.2. The Kier molecular flexibility index (Phi) is 12.7. The number of fused-ring (bicyclic) bond motifs is 2. The molecule has 0 heterocycles. The molecule has 0 spiro atoms. The molecule has 0 N–H and O–H groups in total. The first kappa shape index (κ1) is 36.1. The zero-order valence-corrected chi connectivity index (χ0v) is 30.4. The Morgan fingerprint density at radius 1 is 0.686 bits per heavy atom. The maximum atomic E-state index is 12.2. The summed E-state index contributed by atoms with van der Waals surface area (Å²) >= 11 is 0. The summed E-state index contributed by atoms with van der Waals surface area (Å²) in [6.07, 6.45) is 6.05. The molecular formula is C46H51NO4. The van der Waals surface area contributed by atoms with Gasteiger partial charge in [0.15, 0.2) is 6.10 Å². The van der Waals surface area contributed by atoms with Crippen molar-refractivity contribution < 1.29 is 19.0 Å². The third kappa shape index (κ3) is 9.75. The van der Waals surface area contributed by atoms with E-state index in [1.165, 1.54) is 51.6 Å². The number of rotatable bonds is 16. The summed E-state index contributed by atoms with van der Waals surface area (Å²) in [6.45, 7) is 3.46. The minimum atomic E-state index is -0.616. The molecule has 0 radical (unpaired) electrons. The van der Waals surface area contributed by atoms with Gasteiger partial charge in [-0.15, -0.1) is 0 Å². The van der Waals surface area contributed by atoms with Gasteiger partial charge < -0.3 is 14.2 Å². The number of benzene rings is 5. The van der Waals surface area contributed by atoms with E-state index in [0.29, 0.717) is 19.6 Å². The van der Waals surface area contributed by atoms with Crippen molar-refractivity contribution in [3.8, 4) is 5.75 Å². The Balaban J connectivity index is 1.18. The SMILES string of the molecule is CCOC(=O)C(Cc1ccc(OCCN(C)C2c3ccc(CCc4ccccc4)cc3CCc3ccc(CCc4ccccc4)cc32)cc1)OC. The summed E-state index contributed by atoms with van der Waals surface area (Å²) in [7, 11) is 3.77. The molecule has 6 rings (SSSR count). The number of likely N-dealkylation sites (N-methyl/N-ethyl adjacent to an activating group) is 1. The van der Waals surface area contributed by atoms with Crippen molar-refractivity contribution in [2.45, 2.75) is 64.0 Å². The summed E-state index contributed by atoms with van der Waals surface area (Å²) in [5, 5.41) is 0. The normalized spacial score (nSPS) is 14.3. The standard InChI is InChI=1S/C46H51NO4/c1-4-50-46(48)44(49-3)33-38-20-26-41(27-21-38)51-30-29-47(2)45-42-28-22-36(17-15-34-11-7-5-8-12-34)31-40(42)25-24-39-23-19-37(32-43(39)45)18-16-35-13-9-6-10-14-35/h5-14,19-23,26-28,31-32,44-45H,4,15-18,24-25,29-30,33H2,1-3H3. The van der Waals surface area contributed by atoms with E-state index in [2.05, 4.69) is 109 Å². The van der Waals surface area contributed by atoms with Crippen LogP contribution in [0.15, 0.2) is 121 Å². The number of esters is 1. The Bertz CT molecular complexity index is 1840. The van der Waals surface area contributed by atoms with Crippen LogP contribution in [0.1, 0.15) is 63.0 Å². The molecule has 1 aliphatic rings. The molecule has 0 saturated heterocycles. The Labute approximate surface area is 304 Å². The minimum absolute atomic E-state index is 0.136. The fourth-order valence-corrected chi connectivity index (χ4v) is 7.23. The van der Waals surface area contributed by atoms with Crippen LogP contribution in [0.4, 0.5) is 0 Å². The molecule has 0 fully saturated rings. The van der Waals surface area contributed by atoms with Gasteiger partial charge in [0.25, 0.3) is 0 Å². The quantitative estimate of drug-likeness (QED) is 0.0977. The van der Waals surface area contributed by atoms with E-state index in [1.54, 1.807) is 6.92 Å². The zero-order valence-electron chi connectivity index (χ0n) is 30.4. The number of hydrogen-bond acceptors (Lipinski definition) is 5. The predicted molar refractivity (Wildman–Crippen MR) is 206 cm³/mol. The van der Waals surface area contributed by atoms with Gasteiger partial charge in [-0.3, -0.25) is 4.90 Å². The summed E-state index contributed by atoms with van der Waals surface area (Å²) < 4.78 is 16.8. The molecule has 0 bridgehead atoms. The van der Waals surface area contributed by atoms with Crippen LogP contribution in [-0.4, -0.2) is 50.9 Å². The molecule has 2 atom stereocenters. The van der Waals surface area contributed by atoms with Crippen LogP contribution in [-0.2, 0) is 59.2 Å². The zero-order chi connectivity index (χ0) is 35.4. The molecule has 264 valence electrons. The van der Waals surface area contributed by atoms with Crippen LogP contribution < -0.4 is 4.74 Å². The van der Waals surface area contributed by atoms with Crippen molar-refractivity contribution >= 4 is 5.97 Å². The lowest BCUT2D eigenvalue weighted by Crippen LogP contribution is -2.30. The number of carbonyl (C=O) groups excluding carboxylic acids is 1. The predicted octanol–water partition coefficient (Wildman–Crippen LogP) is 8.58. The van der Waals surface area contributed by atoms with Crippen molar-refractivity contribution in [1.82, 2.24) is 4.90 Å². The molecule has 2 unspecified atom stereocenters. The van der Waals surface area contributed by atoms with E-state index in [4.69, 9.17) is 14.2 Å². The van der Waals surface area contributed by atoms with Crippen LogP contribution in [0.2, 0.25) is 0 Å². The van der Waals surface area contributed by atoms with Gasteiger partial charge in [-0.25, -0.2) is 4.79 Å². The number of carbonyl (C=O) groups is 1. The summed E-state index contributed by atoms with van der Waals surface area (Å²) in [5.74, 6) is 0.474. The second kappa shape index (κ2) is 18.0. The van der Waals surface area contributed by atoms with Crippen LogP contribution in [0.3, 0.4) is 0 Å². The molecule has 5 aromatic carbocycles. The van der Waals surface area contributed by atoms with Gasteiger partial charge in [0.05, 0.1) is 12.6 Å². The number of methoxy groups -OCH3 is 1. The topological polar surface area (TPSA) is 48.0 Å². The molecule has 1 aliphatic carbocycles. The van der Waals surface area contributed by atoms with Crippen molar-refractivity contribution in [2.24, 2.45) is 0 Å². The maximum Gasteiger partial charge on any atom is 0.335 e. The fraction of sp³-hybridized carbons (Fsp3) is 0.326. The average molecular weight is 682 g/mol. The van der Waals surface area contributed by atoms with Gasteiger partial charge in [0.2, 0.25) is 0 Å². The lowest BCUT2D eigenvalue weighted by molar-refractivity contribution is -0.154. The third-order valence-corrected chi connectivity index (χ3v) is 10.1. The van der Waals surface area contributed by atoms with Gasteiger partial charge in [0.1, 0.15) is 12.4 Å². The summed E-state index contributed by atoms with van der Waals surface area (Å²) in [5.41, 5.74) is 12.2. The summed E-state index contributed by atoms with van der Waals surface area (Å²) in [6, 6.07) is 44.0. The van der Waals surface area contributed by atoms with Crippen LogP contribution in [0.25, 0.3) is 0 Å². The monoisotopic (exact) mass is 681 g/mol. The van der Waals surface area contributed by atoms with Gasteiger partial charge >= 0.3 is 5.97 Å². The molecule has 5 heteroatoms. The van der Waals surface area contributed by atoms with Gasteiger partial charge in [0, 0.05) is 20.1 Å². The second-order valence-electron chi connectivity index (χ2n) is 13.6. The highest BCUT2D eigenvalue weighted by Crippen LogP contribution is 2.37. The van der Waals surface area contributed by atoms with Crippen molar-refractivity contribution in [2.75, 3.05) is 33.9 Å². The number of ether oxygens (including phenoxy) is 3. The minimum Gasteiger partial charge on any atom is -0.492 e. The Hall–Kier alpha value is -4.71. The number of nitrogens with zero attached hydrogens (tertiary/aromatic N) is 1. The van der Waals surface area contributed by atoms with Crippen LogP contribution in [0, 0.1) is 0 Å². The van der Waals surface area contributed by atoms with E-state index >= 15 is 0 Å². The molecule has 5 nitrogen and oxygen atoms in total. The lowest BCUT2D eigenvalue weighted by Gasteiger charge is -2.31. The number of hydrogen-bond donors (Lipinski definition) is 0. The Morgan fingerprint density at radius 3 is 1.92 bits per heavy atom. The smallest absolute Gasteiger partial charge is 0.335 e. The van der Waals surface area contributed by atoms with Crippen molar-refractivity contribution in [1.29, 1.82) is 0 Å². The number of aryl methyl sites for hydroxylation is 6. The average Bonchev–Trinajstić information content (AvgIpc) is 3.33. The fourth-order valence-electron chi connectivity index (χ4n) is 7.23. The van der Waals surface area contributed by atoms with E-state index < -0.39 is 6.10 Å². The van der Waals surface area contributed by atoms with Gasteiger partial charge in [-0.05, 0) is 115 Å².